The quantitative estimate of drug-likeness (QED) is 0.884. The van der Waals surface area contributed by atoms with Gasteiger partial charge >= 0.3 is 0 Å². The van der Waals surface area contributed by atoms with Crippen LogP contribution in [0.2, 0.25) is 5.02 Å². The lowest BCUT2D eigenvalue weighted by molar-refractivity contribution is 0.464. The summed E-state index contributed by atoms with van der Waals surface area (Å²) in [5, 5.41) is 14.6. The van der Waals surface area contributed by atoms with Gasteiger partial charge in [0.15, 0.2) is 0 Å². The van der Waals surface area contributed by atoms with Gasteiger partial charge in [-0.15, -0.1) is 11.3 Å². The number of hydrogen-bond donors (Lipinski definition) is 2. The average molecular weight is 283 g/mol. The monoisotopic (exact) mass is 282 g/mol. The van der Waals surface area contributed by atoms with E-state index in [1.54, 1.807) is 29.5 Å². The summed E-state index contributed by atoms with van der Waals surface area (Å²) in [7, 11) is 0. The Balaban J connectivity index is 1.90. The number of rotatable bonds is 5. The van der Waals surface area contributed by atoms with Crippen LogP contribution in [-0.2, 0) is 19.5 Å². The SMILES string of the molecule is CCc1cnc(CNCc2cc(Cl)ccc2O)s1. The minimum atomic E-state index is 0.264. The molecule has 0 atom stereocenters. The van der Waals surface area contributed by atoms with E-state index in [-0.39, 0.29) is 5.75 Å². The molecule has 5 heteroatoms. The standard InChI is InChI=1S/C13H15ClN2OS/c1-2-11-7-16-13(18-11)8-15-6-9-5-10(14)3-4-12(9)17/h3-5,7,15,17H,2,6,8H2,1H3. The summed E-state index contributed by atoms with van der Waals surface area (Å²) in [5.41, 5.74) is 0.801. The highest BCUT2D eigenvalue weighted by Gasteiger charge is 2.03. The summed E-state index contributed by atoms with van der Waals surface area (Å²) in [6.45, 7) is 3.40. The van der Waals surface area contributed by atoms with Crippen LogP contribution in [0, 0.1) is 0 Å². The lowest BCUT2D eigenvalue weighted by Gasteiger charge is -2.05. The number of benzene rings is 1. The van der Waals surface area contributed by atoms with Gasteiger partial charge in [-0.1, -0.05) is 18.5 Å². The molecule has 1 aromatic heterocycles. The zero-order valence-electron chi connectivity index (χ0n) is 10.1. The van der Waals surface area contributed by atoms with Gasteiger partial charge in [-0.3, -0.25) is 0 Å². The number of hydrogen-bond acceptors (Lipinski definition) is 4. The van der Waals surface area contributed by atoms with Crippen LogP contribution in [0.1, 0.15) is 22.4 Å². The van der Waals surface area contributed by atoms with Crippen LogP contribution in [-0.4, -0.2) is 10.1 Å². The van der Waals surface area contributed by atoms with E-state index in [4.69, 9.17) is 11.6 Å². The van der Waals surface area contributed by atoms with Crippen LogP contribution in [0.25, 0.3) is 0 Å². The highest BCUT2D eigenvalue weighted by atomic mass is 35.5. The molecule has 0 saturated carbocycles. The minimum absolute atomic E-state index is 0.264. The highest BCUT2D eigenvalue weighted by Crippen LogP contribution is 2.21. The Bertz CT molecular complexity index is 527. The zero-order chi connectivity index (χ0) is 13.0. The van der Waals surface area contributed by atoms with Crippen LogP contribution in [0.5, 0.6) is 5.75 Å². The van der Waals surface area contributed by atoms with E-state index >= 15 is 0 Å². The number of aromatic hydroxyl groups is 1. The minimum Gasteiger partial charge on any atom is -0.508 e. The summed E-state index contributed by atoms with van der Waals surface area (Å²) >= 11 is 7.60. The van der Waals surface area contributed by atoms with Gasteiger partial charge in [0.25, 0.3) is 0 Å². The van der Waals surface area contributed by atoms with E-state index in [1.807, 2.05) is 6.20 Å². The first-order chi connectivity index (χ1) is 8.69. The lowest BCUT2D eigenvalue weighted by Crippen LogP contribution is -2.12. The molecule has 0 fully saturated rings. The second-order valence-electron chi connectivity index (χ2n) is 3.95. The summed E-state index contributed by atoms with van der Waals surface area (Å²) in [4.78, 5) is 5.61. The second-order valence-corrected chi connectivity index (χ2v) is 5.59. The van der Waals surface area contributed by atoms with Crippen LogP contribution >= 0.6 is 22.9 Å². The summed E-state index contributed by atoms with van der Waals surface area (Å²) in [6, 6.07) is 5.05. The molecule has 0 aliphatic rings. The van der Waals surface area contributed by atoms with E-state index in [9.17, 15) is 5.11 Å². The molecule has 0 aliphatic carbocycles. The van der Waals surface area contributed by atoms with Gasteiger partial charge in [-0.25, -0.2) is 4.98 Å². The number of thiazole rings is 1. The Labute approximate surface area is 115 Å². The third-order valence-corrected chi connectivity index (χ3v) is 3.96. The smallest absolute Gasteiger partial charge is 0.120 e. The fourth-order valence-corrected chi connectivity index (χ4v) is 2.62. The maximum absolute atomic E-state index is 9.66. The molecule has 0 radical (unpaired) electrons. The molecule has 2 aromatic rings. The van der Waals surface area contributed by atoms with Crippen molar-refractivity contribution in [2.45, 2.75) is 26.4 Å². The molecule has 0 spiro atoms. The molecule has 0 unspecified atom stereocenters. The first-order valence-electron chi connectivity index (χ1n) is 5.80. The molecule has 1 heterocycles. The van der Waals surface area contributed by atoms with Gasteiger partial charge in [0.1, 0.15) is 10.8 Å². The fraction of sp³-hybridized carbons (Fsp3) is 0.308. The van der Waals surface area contributed by atoms with Crippen LogP contribution in [0.4, 0.5) is 0 Å². The Morgan fingerprint density at radius 2 is 2.22 bits per heavy atom. The molecular formula is C13H15ClN2OS. The number of aryl methyl sites for hydroxylation is 1. The molecule has 2 N–H and O–H groups in total. The van der Waals surface area contributed by atoms with E-state index in [0.717, 1.165) is 17.0 Å². The van der Waals surface area contributed by atoms with Crippen molar-refractivity contribution in [2.24, 2.45) is 0 Å². The largest absolute Gasteiger partial charge is 0.508 e. The summed E-state index contributed by atoms with van der Waals surface area (Å²) in [5.74, 6) is 0.264. The Morgan fingerprint density at radius 1 is 1.39 bits per heavy atom. The maximum atomic E-state index is 9.66. The Kier molecular flexibility index (Phi) is 4.58. The van der Waals surface area contributed by atoms with Crippen molar-refractivity contribution in [1.82, 2.24) is 10.3 Å². The third kappa shape index (κ3) is 3.45. The van der Waals surface area contributed by atoms with Crippen molar-refractivity contribution in [1.29, 1.82) is 0 Å². The Morgan fingerprint density at radius 3 is 2.94 bits per heavy atom. The number of nitrogens with one attached hydrogen (secondary N) is 1. The predicted octanol–water partition coefficient (Wildman–Crippen LogP) is 3.35. The second kappa shape index (κ2) is 6.18. The molecule has 3 nitrogen and oxygen atoms in total. The normalized spacial score (nSPS) is 10.8. The number of phenolic OH excluding ortho intramolecular Hbond substituents is 1. The average Bonchev–Trinajstić information content (AvgIpc) is 2.81. The van der Waals surface area contributed by atoms with Crippen molar-refractivity contribution in [2.75, 3.05) is 0 Å². The van der Waals surface area contributed by atoms with Crippen molar-refractivity contribution in [3.63, 3.8) is 0 Å². The van der Waals surface area contributed by atoms with Gasteiger partial charge < -0.3 is 10.4 Å². The number of nitrogens with zero attached hydrogens (tertiary/aromatic N) is 1. The van der Waals surface area contributed by atoms with Crippen LogP contribution in [0.15, 0.2) is 24.4 Å². The maximum Gasteiger partial charge on any atom is 0.120 e. The van der Waals surface area contributed by atoms with E-state index in [0.29, 0.717) is 18.1 Å². The zero-order valence-corrected chi connectivity index (χ0v) is 11.7. The van der Waals surface area contributed by atoms with Crippen molar-refractivity contribution in [3.8, 4) is 5.75 Å². The lowest BCUT2D eigenvalue weighted by atomic mass is 10.2. The first kappa shape index (κ1) is 13.3. The summed E-state index contributed by atoms with van der Waals surface area (Å²) in [6.07, 6.45) is 2.94. The van der Waals surface area contributed by atoms with Gasteiger partial charge in [0.05, 0.1) is 0 Å². The first-order valence-corrected chi connectivity index (χ1v) is 7.00. The van der Waals surface area contributed by atoms with Gasteiger partial charge in [0, 0.05) is 34.7 Å². The van der Waals surface area contributed by atoms with Gasteiger partial charge in [0.2, 0.25) is 0 Å². The number of halogens is 1. The van der Waals surface area contributed by atoms with Crippen molar-refractivity contribution >= 4 is 22.9 Å². The molecule has 18 heavy (non-hydrogen) atoms. The molecule has 1 aromatic carbocycles. The van der Waals surface area contributed by atoms with Gasteiger partial charge in [-0.05, 0) is 24.6 Å². The topological polar surface area (TPSA) is 45.2 Å². The molecule has 0 aliphatic heterocycles. The highest BCUT2D eigenvalue weighted by molar-refractivity contribution is 7.11. The number of aromatic nitrogens is 1. The molecule has 2 rings (SSSR count). The van der Waals surface area contributed by atoms with Crippen LogP contribution < -0.4 is 5.32 Å². The summed E-state index contributed by atoms with van der Waals surface area (Å²) < 4.78 is 0. The Hall–Kier alpha value is -1.10. The predicted molar refractivity (Wildman–Crippen MR) is 75.2 cm³/mol. The molecule has 0 bridgehead atoms. The molecule has 0 saturated heterocycles. The van der Waals surface area contributed by atoms with Crippen molar-refractivity contribution < 1.29 is 5.11 Å². The third-order valence-electron chi connectivity index (χ3n) is 2.58. The fourth-order valence-electron chi connectivity index (χ4n) is 1.59. The van der Waals surface area contributed by atoms with Gasteiger partial charge in [-0.2, -0.15) is 0 Å². The number of phenols is 1. The van der Waals surface area contributed by atoms with E-state index in [1.165, 1.54) is 4.88 Å². The van der Waals surface area contributed by atoms with Crippen LogP contribution in [0.3, 0.4) is 0 Å². The molecule has 96 valence electrons. The van der Waals surface area contributed by atoms with E-state index in [2.05, 4.69) is 17.2 Å². The molecule has 0 amide bonds. The molecular weight excluding hydrogens is 268 g/mol. The van der Waals surface area contributed by atoms with E-state index < -0.39 is 0 Å². The van der Waals surface area contributed by atoms with Crippen molar-refractivity contribution in [3.05, 3.63) is 44.9 Å².